The molecule has 0 aromatic heterocycles. The van der Waals surface area contributed by atoms with E-state index >= 15 is 0 Å². The summed E-state index contributed by atoms with van der Waals surface area (Å²) in [6, 6.07) is 30.6. The second-order valence-corrected chi connectivity index (χ2v) is 7.46. The summed E-state index contributed by atoms with van der Waals surface area (Å²) in [5.41, 5.74) is 2.49. The molecule has 0 N–H and O–H groups in total. The molecule has 0 aliphatic heterocycles. The Morgan fingerprint density at radius 3 is 1.44 bits per heavy atom. The van der Waals surface area contributed by atoms with Gasteiger partial charge in [0.05, 0.1) is 12.7 Å². The average molecular weight is 413 g/mol. The quantitative estimate of drug-likeness (QED) is 0.358. The lowest BCUT2D eigenvalue weighted by Gasteiger charge is -2.35. The van der Waals surface area contributed by atoms with Gasteiger partial charge in [0, 0.05) is 0 Å². The Kier molecular flexibility index (Phi) is 6.01. The van der Waals surface area contributed by atoms with Crippen molar-refractivity contribution in [2.45, 2.75) is 5.41 Å². The first-order valence-electron chi connectivity index (χ1n) is 7.97. The molecule has 126 valence electrons. The molecule has 0 fully saturated rings. The molecular formula is C21H18BrO2P. The van der Waals surface area contributed by atoms with Crippen LogP contribution in [0.5, 0.6) is 0 Å². The molecule has 0 amide bonds. The molecule has 0 aliphatic rings. The van der Waals surface area contributed by atoms with Crippen LogP contribution in [0.3, 0.4) is 0 Å². The number of halogens is 1. The predicted molar refractivity (Wildman–Crippen MR) is 108 cm³/mol. The summed E-state index contributed by atoms with van der Waals surface area (Å²) in [7, 11) is -0.0582. The molecule has 3 aromatic rings. The first kappa shape index (κ1) is 17.8. The third-order valence-electron chi connectivity index (χ3n) is 4.30. The second-order valence-electron chi connectivity index (χ2n) is 5.67. The summed E-state index contributed by atoms with van der Waals surface area (Å²) < 4.78 is 5.65. The number of hydrogen-bond donors (Lipinski definition) is 0. The first-order valence-corrected chi connectivity index (χ1v) is 11.2. The largest absolute Gasteiger partial charge is 0.460 e. The van der Waals surface area contributed by atoms with Crippen LogP contribution in [0.2, 0.25) is 0 Å². The zero-order valence-corrected chi connectivity index (χ0v) is 16.1. The number of hydrogen-bond acceptors (Lipinski definition) is 2. The molecule has 2 nitrogen and oxygen atoms in total. The maximum absolute atomic E-state index is 11.9. The maximum atomic E-state index is 11.9. The van der Waals surface area contributed by atoms with Gasteiger partial charge in [0.1, 0.15) is 6.61 Å². The Morgan fingerprint density at radius 2 is 1.12 bits per heavy atom. The Morgan fingerprint density at radius 1 is 0.760 bits per heavy atom. The lowest BCUT2D eigenvalue weighted by molar-refractivity contribution is 0.158. The fraction of sp³-hybridized carbons (Fsp3) is 0.0952. The minimum absolute atomic E-state index is 0.0582. The highest BCUT2D eigenvalue weighted by Gasteiger charge is 2.37. The zero-order valence-electron chi connectivity index (χ0n) is 13.6. The number of carbonyl (C=O) groups excluding carboxylic acids is 1. The highest BCUT2D eigenvalue weighted by molar-refractivity contribution is 9.38. The van der Waals surface area contributed by atoms with E-state index in [0.29, 0.717) is 0 Å². The number of rotatable bonds is 6. The molecular weight excluding hydrogens is 395 g/mol. The van der Waals surface area contributed by atoms with E-state index < -0.39 is 5.41 Å². The summed E-state index contributed by atoms with van der Waals surface area (Å²) in [5, 5.41) is 0. The molecule has 3 aromatic carbocycles. The Bertz CT molecular complexity index is 710. The predicted octanol–water partition coefficient (Wildman–Crippen LogP) is 6.15. The van der Waals surface area contributed by atoms with E-state index in [2.05, 4.69) is 51.9 Å². The molecule has 0 saturated carbocycles. The van der Waals surface area contributed by atoms with Crippen molar-refractivity contribution in [3.8, 4) is 0 Å². The van der Waals surface area contributed by atoms with Crippen LogP contribution in [0.25, 0.3) is 0 Å². The average Bonchev–Trinajstić information content (AvgIpc) is 2.71. The summed E-state index contributed by atoms with van der Waals surface area (Å²) >= 11 is 3.20. The van der Waals surface area contributed by atoms with E-state index in [-0.39, 0.29) is 19.6 Å². The third kappa shape index (κ3) is 3.84. The van der Waals surface area contributed by atoms with Crippen molar-refractivity contribution in [1.82, 2.24) is 0 Å². The summed E-state index contributed by atoms with van der Waals surface area (Å²) in [6.07, 6.45) is 0. The van der Waals surface area contributed by atoms with Crippen molar-refractivity contribution < 1.29 is 9.53 Å². The fourth-order valence-electron chi connectivity index (χ4n) is 3.12. The number of benzene rings is 3. The van der Waals surface area contributed by atoms with Crippen molar-refractivity contribution in [2.75, 3.05) is 6.61 Å². The Labute approximate surface area is 157 Å². The van der Waals surface area contributed by atoms with Crippen molar-refractivity contribution in [3.63, 3.8) is 0 Å². The van der Waals surface area contributed by atoms with Crippen LogP contribution in [-0.2, 0) is 10.2 Å². The van der Waals surface area contributed by atoms with Crippen LogP contribution < -0.4 is 0 Å². The summed E-state index contributed by atoms with van der Waals surface area (Å²) in [4.78, 5) is 11.9. The van der Waals surface area contributed by atoms with Crippen molar-refractivity contribution in [2.24, 2.45) is 0 Å². The lowest BCUT2D eigenvalue weighted by atomic mass is 9.70. The Balaban J connectivity index is 2.22. The fourth-order valence-corrected chi connectivity index (χ4v) is 3.59. The monoisotopic (exact) mass is 412 g/mol. The normalized spacial score (nSPS) is 11.6. The molecule has 0 aliphatic carbocycles. The van der Waals surface area contributed by atoms with Crippen LogP contribution in [0.15, 0.2) is 91.0 Å². The molecule has 0 bridgehead atoms. The van der Waals surface area contributed by atoms with Gasteiger partial charge in [-0.25, -0.2) is 4.79 Å². The van der Waals surface area contributed by atoms with Gasteiger partial charge < -0.3 is 4.74 Å². The van der Waals surface area contributed by atoms with Gasteiger partial charge in [0.25, 0.3) is 0 Å². The molecule has 25 heavy (non-hydrogen) atoms. The van der Waals surface area contributed by atoms with Gasteiger partial charge in [-0.2, -0.15) is 0 Å². The molecule has 4 heteroatoms. The summed E-state index contributed by atoms with van der Waals surface area (Å²) in [5.74, 6) is 0. The van der Waals surface area contributed by atoms with Gasteiger partial charge in [0.2, 0.25) is 0 Å². The van der Waals surface area contributed by atoms with Crippen LogP contribution >= 0.6 is 22.8 Å². The van der Waals surface area contributed by atoms with E-state index in [1.165, 1.54) is 0 Å². The molecule has 0 saturated heterocycles. The van der Waals surface area contributed by atoms with Gasteiger partial charge in [-0.1, -0.05) is 106 Å². The van der Waals surface area contributed by atoms with Crippen molar-refractivity contribution in [1.29, 1.82) is 0 Å². The highest BCUT2D eigenvalue weighted by atomic mass is 79.9. The molecule has 0 heterocycles. The smallest absolute Gasteiger partial charge is 0.334 e. The van der Waals surface area contributed by atoms with Gasteiger partial charge >= 0.3 is 5.71 Å². The molecule has 1 unspecified atom stereocenters. The zero-order chi connectivity index (χ0) is 17.5. The third-order valence-corrected chi connectivity index (χ3v) is 5.57. The van der Waals surface area contributed by atoms with E-state index in [4.69, 9.17) is 4.74 Å². The molecule has 3 rings (SSSR count). The number of ether oxygens (including phenoxy) is 1. The van der Waals surface area contributed by atoms with E-state index in [9.17, 15) is 4.79 Å². The van der Waals surface area contributed by atoms with E-state index in [0.717, 1.165) is 16.7 Å². The summed E-state index contributed by atoms with van der Waals surface area (Å²) in [6.45, 7) is 0.252. The molecule has 1 atom stereocenters. The first-order chi connectivity index (χ1) is 12.3. The van der Waals surface area contributed by atoms with E-state index in [1.807, 2.05) is 54.6 Å². The number of carbonyl (C=O) groups is 1. The lowest BCUT2D eigenvalue weighted by Crippen LogP contribution is -2.35. The SMILES string of the molecule is O=C(OCC(c1ccccc1)(c1ccccc1)c1ccccc1)PBr. The van der Waals surface area contributed by atoms with Crippen molar-refractivity contribution in [3.05, 3.63) is 108 Å². The topological polar surface area (TPSA) is 26.3 Å². The van der Waals surface area contributed by atoms with Crippen LogP contribution in [0, 0.1) is 0 Å². The van der Waals surface area contributed by atoms with Gasteiger partial charge in [-0.15, -0.1) is 0 Å². The van der Waals surface area contributed by atoms with Crippen LogP contribution in [-0.4, -0.2) is 12.3 Å². The maximum Gasteiger partial charge on any atom is 0.334 e. The Hall–Kier alpha value is -1.96. The molecule has 0 spiro atoms. The van der Waals surface area contributed by atoms with Crippen molar-refractivity contribution >= 4 is 28.5 Å². The molecule has 0 radical (unpaired) electrons. The minimum atomic E-state index is -0.550. The standard InChI is InChI=1S/C21H18BrO2P/c22-25-20(23)24-16-21(17-10-4-1-5-11-17,18-12-6-2-7-13-18)19-14-8-3-9-15-19/h1-15,25H,16H2. The van der Waals surface area contributed by atoms with Gasteiger partial charge in [-0.05, 0) is 16.7 Å². The highest BCUT2D eigenvalue weighted by Crippen LogP contribution is 2.40. The van der Waals surface area contributed by atoms with E-state index in [1.54, 1.807) is 0 Å². The van der Waals surface area contributed by atoms with Crippen LogP contribution in [0.1, 0.15) is 16.7 Å². The minimum Gasteiger partial charge on any atom is -0.460 e. The van der Waals surface area contributed by atoms with Gasteiger partial charge in [-0.3, -0.25) is 0 Å². The van der Waals surface area contributed by atoms with Gasteiger partial charge in [0.15, 0.2) is 0 Å². The second kappa shape index (κ2) is 8.42. The van der Waals surface area contributed by atoms with Crippen LogP contribution in [0.4, 0.5) is 4.79 Å².